The quantitative estimate of drug-likeness (QED) is 0.615. The number of aliphatic hydroxyl groups excluding tert-OH is 1. The molecule has 1 aliphatic carbocycles. The van der Waals surface area contributed by atoms with Crippen LogP contribution in [-0.2, 0) is 0 Å². The topological polar surface area (TPSA) is 66.6 Å². The maximum atomic E-state index is 11.2. The Balaban J connectivity index is 2.28. The van der Waals surface area contributed by atoms with Crippen LogP contribution in [0.2, 0.25) is 0 Å². The summed E-state index contributed by atoms with van der Waals surface area (Å²) in [5.41, 5.74) is 0.140. The molecule has 0 bridgehead atoms. The van der Waals surface area contributed by atoms with Crippen molar-refractivity contribution in [2.24, 2.45) is 5.92 Å². The standard InChI is InChI=1S/C14H22N2O3S/c1-9(2)6-7-15(11-4-5-11)14-12(16(18)19)8-13(20-14)10(3)17/h8-11,17H,4-7H2,1-3H3. The zero-order valence-electron chi connectivity index (χ0n) is 12.2. The Labute approximate surface area is 123 Å². The van der Waals surface area contributed by atoms with Gasteiger partial charge in [0, 0.05) is 23.5 Å². The van der Waals surface area contributed by atoms with Crippen LogP contribution in [-0.4, -0.2) is 22.6 Å². The molecule has 6 heteroatoms. The Morgan fingerprint density at radius 3 is 2.60 bits per heavy atom. The Morgan fingerprint density at radius 1 is 1.50 bits per heavy atom. The molecule has 112 valence electrons. The van der Waals surface area contributed by atoms with Gasteiger partial charge in [-0.1, -0.05) is 13.8 Å². The maximum Gasteiger partial charge on any atom is 0.304 e. The van der Waals surface area contributed by atoms with E-state index in [1.165, 1.54) is 17.4 Å². The molecule has 0 saturated heterocycles. The molecular formula is C14H22N2O3S. The molecule has 0 aliphatic heterocycles. The summed E-state index contributed by atoms with van der Waals surface area (Å²) in [5.74, 6) is 0.575. The van der Waals surface area contributed by atoms with Crippen molar-refractivity contribution in [2.75, 3.05) is 11.4 Å². The molecule has 2 rings (SSSR count). The molecule has 1 aliphatic rings. The van der Waals surface area contributed by atoms with Gasteiger partial charge in [-0.3, -0.25) is 10.1 Å². The predicted octanol–water partition coefficient (Wildman–Crippen LogP) is 3.72. The Hall–Kier alpha value is -1.14. The van der Waals surface area contributed by atoms with Crippen molar-refractivity contribution in [3.8, 4) is 0 Å². The van der Waals surface area contributed by atoms with Crippen molar-refractivity contribution in [1.82, 2.24) is 0 Å². The van der Waals surface area contributed by atoms with Crippen molar-refractivity contribution in [2.45, 2.75) is 52.2 Å². The SMILES string of the molecule is CC(C)CCN(c1sc(C(C)O)cc1[N+](=O)[O-])C1CC1. The van der Waals surface area contributed by atoms with Crippen molar-refractivity contribution in [3.63, 3.8) is 0 Å². The average molecular weight is 298 g/mol. The summed E-state index contributed by atoms with van der Waals surface area (Å²) >= 11 is 1.36. The summed E-state index contributed by atoms with van der Waals surface area (Å²) in [7, 11) is 0. The first kappa shape index (κ1) is 15.3. The van der Waals surface area contributed by atoms with E-state index < -0.39 is 6.10 Å². The number of thiophene rings is 1. The maximum absolute atomic E-state index is 11.2. The first-order valence-electron chi connectivity index (χ1n) is 7.13. The van der Waals surface area contributed by atoms with Crippen LogP contribution >= 0.6 is 11.3 Å². The Morgan fingerprint density at radius 2 is 2.15 bits per heavy atom. The fourth-order valence-corrected chi connectivity index (χ4v) is 3.33. The van der Waals surface area contributed by atoms with Crippen molar-refractivity contribution in [3.05, 3.63) is 21.1 Å². The van der Waals surface area contributed by atoms with E-state index in [-0.39, 0.29) is 10.6 Å². The van der Waals surface area contributed by atoms with Crippen LogP contribution in [0.1, 0.15) is 51.0 Å². The van der Waals surface area contributed by atoms with Crippen LogP contribution in [0.25, 0.3) is 0 Å². The lowest BCUT2D eigenvalue weighted by Crippen LogP contribution is -2.27. The Kier molecular flexibility index (Phi) is 4.65. The van der Waals surface area contributed by atoms with E-state index in [0.29, 0.717) is 21.8 Å². The monoisotopic (exact) mass is 298 g/mol. The van der Waals surface area contributed by atoms with E-state index in [1.54, 1.807) is 6.92 Å². The van der Waals surface area contributed by atoms with Gasteiger partial charge in [0.05, 0.1) is 11.0 Å². The molecule has 0 amide bonds. The highest BCUT2D eigenvalue weighted by Crippen LogP contribution is 2.44. The molecule has 5 nitrogen and oxygen atoms in total. The first-order chi connectivity index (χ1) is 9.40. The minimum absolute atomic E-state index is 0.140. The van der Waals surface area contributed by atoms with Gasteiger partial charge in [-0.25, -0.2) is 0 Å². The number of nitro groups is 1. The van der Waals surface area contributed by atoms with Crippen molar-refractivity contribution >= 4 is 22.0 Å². The molecule has 1 heterocycles. The number of aliphatic hydroxyl groups is 1. The van der Waals surface area contributed by atoms with E-state index in [1.807, 2.05) is 0 Å². The minimum atomic E-state index is -0.654. The summed E-state index contributed by atoms with van der Waals surface area (Å²) in [4.78, 5) is 13.8. The first-order valence-corrected chi connectivity index (χ1v) is 7.94. The lowest BCUT2D eigenvalue weighted by atomic mass is 10.1. The number of rotatable bonds is 7. The van der Waals surface area contributed by atoms with Gasteiger partial charge in [0.15, 0.2) is 5.00 Å². The second-order valence-corrected chi connectivity index (χ2v) is 6.94. The van der Waals surface area contributed by atoms with Gasteiger partial charge < -0.3 is 10.0 Å². The van der Waals surface area contributed by atoms with Crippen LogP contribution in [0.15, 0.2) is 6.07 Å². The predicted molar refractivity (Wildman–Crippen MR) is 81.4 cm³/mol. The van der Waals surface area contributed by atoms with E-state index in [0.717, 1.165) is 25.8 Å². The third-order valence-electron chi connectivity index (χ3n) is 3.52. The molecule has 1 fully saturated rings. The van der Waals surface area contributed by atoms with Crippen LogP contribution < -0.4 is 4.90 Å². The molecule has 1 unspecified atom stereocenters. The molecular weight excluding hydrogens is 276 g/mol. The van der Waals surface area contributed by atoms with Gasteiger partial charge in [0.25, 0.3) is 0 Å². The highest BCUT2D eigenvalue weighted by molar-refractivity contribution is 7.16. The average Bonchev–Trinajstić information content (AvgIpc) is 3.06. The fraction of sp³-hybridized carbons (Fsp3) is 0.714. The van der Waals surface area contributed by atoms with Gasteiger partial charge in [-0.2, -0.15) is 0 Å². The highest BCUT2D eigenvalue weighted by atomic mass is 32.1. The lowest BCUT2D eigenvalue weighted by Gasteiger charge is -2.23. The van der Waals surface area contributed by atoms with E-state index in [2.05, 4.69) is 18.7 Å². The third-order valence-corrected chi connectivity index (χ3v) is 4.85. The Bertz CT molecular complexity index is 481. The van der Waals surface area contributed by atoms with Gasteiger partial charge in [-0.05, 0) is 32.1 Å². The minimum Gasteiger partial charge on any atom is -0.388 e. The summed E-state index contributed by atoms with van der Waals surface area (Å²) in [6.07, 6.45) is 2.59. The highest BCUT2D eigenvalue weighted by Gasteiger charge is 2.35. The van der Waals surface area contributed by atoms with Crippen LogP contribution in [0.5, 0.6) is 0 Å². The molecule has 1 saturated carbocycles. The van der Waals surface area contributed by atoms with Gasteiger partial charge in [-0.15, -0.1) is 11.3 Å². The zero-order chi connectivity index (χ0) is 14.9. The molecule has 0 aromatic carbocycles. The van der Waals surface area contributed by atoms with E-state index >= 15 is 0 Å². The second kappa shape index (κ2) is 6.10. The van der Waals surface area contributed by atoms with Crippen LogP contribution in [0.3, 0.4) is 0 Å². The molecule has 1 aromatic heterocycles. The van der Waals surface area contributed by atoms with Gasteiger partial charge in [0.2, 0.25) is 0 Å². The normalized spacial score (nSPS) is 16.4. The molecule has 1 aromatic rings. The van der Waals surface area contributed by atoms with Crippen LogP contribution in [0, 0.1) is 16.0 Å². The molecule has 1 atom stereocenters. The largest absolute Gasteiger partial charge is 0.388 e. The number of hydrogen-bond donors (Lipinski definition) is 1. The van der Waals surface area contributed by atoms with Crippen molar-refractivity contribution in [1.29, 1.82) is 0 Å². The lowest BCUT2D eigenvalue weighted by molar-refractivity contribution is -0.383. The number of anilines is 1. The summed E-state index contributed by atoms with van der Waals surface area (Å²) in [6, 6.07) is 1.96. The smallest absolute Gasteiger partial charge is 0.304 e. The number of nitrogens with zero attached hydrogens (tertiary/aromatic N) is 2. The molecule has 0 spiro atoms. The van der Waals surface area contributed by atoms with Gasteiger partial charge in [0.1, 0.15) is 0 Å². The van der Waals surface area contributed by atoms with Crippen molar-refractivity contribution < 1.29 is 10.0 Å². The fourth-order valence-electron chi connectivity index (χ4n) is 2.17. The van der Waals surface area contributed by atoms with Crippen LogP contribution in [0.4, 0.5) is 10.7 Å². The molecule has 1 N–H and O–H groups in total. The third kappa shape index (κ3) is 3.49. The van der Waals surface area contributed by atoms with Gasteiger partial charge >= 0.3 is 5.69 Å². The summed E-state index contributed by atoms with van der Waals surface area (Å²) in [5, 5.41) is 21.6. The molecule has 0 radical (unpaired) electrons. The van der Waals surface area contributed by atoms with E-state index in [9.17, 15) is 15.2 Å². The summed E-state index contributed by atoms with van der Waals surface area (Å²) in [6.45, 7) is 6.82. The second-order valence-electron chi connectivity index (χ2n) is 5.88. The van der Waals surface area contributed by atoms with E-state index in [4.69, 9.17) is 0 Å². The number of hydrogen-bond acceptors (Lipinski definition) is 5. The zero-order valence-corrected chi connectivity index (χ0v) is 13.0. The summed E-state index contributed by atoms with van der Waals surface area (Å²) < 4.78 is 0. The molecule has 20 heavy (non-hydrogen) atoms.